The Kier molecular flexibility index (Phi) is 6.09. The first-order valence-electron chi connectivity index (χ1n) is 9.36. The predicted octanol–water partition coefficient (Wildman–Crippen LogP) is 2.09. The molecule has 1 aromatic rings. The molecular formula is C19H21F2N3O5. The molecule has 1 spiro atoms. The first-order chi connectivity index (χ1) is 13.8. The van der Waals surface area contributed by atoms with Gasteiger partial charge in [0.1, 0.15) is 22.9 Å². The first-order valence-corrected chi connectivity index (χ1v) is 9.36. The van der Waals surface area contributed by atoms with Crippen LogP contribution in [0.1, 0.15) is 38.5 Å². The smallest absolute Gasteiger partial charge is 0.325 e. The Bertz CT molecular complexity index is 819. The van der Waals surface area contributed by atoms with Gasteiger partial charge in [-0.1, -0.05) is 18.9 Å². The highest BCUT2D eigenvalue weighted by Crippen LogP contribution is 2.35. The molecule has 1 aliphatic heterocycles. The average molecular weight is 409 g/mol. The number of carbonyl (C=O) groups excluding carboxylic acids is 4. The average Bonchev–Trinajstić information content (AvgIpc) is 3.23. The maximum absolute atomic E-state index is 13.5. The van der Waals surface area contributed by atoms with E-state index in [-0.39, 0.29) is 25.3 Å². The molecule has 1 heterocycles. The second-order valence-electron chi connectivity index (χ2n) is 7.09. The van der Waals surface area contributed by atoms with Gasteiger partial charge in [-0.15, -0.1) is 0 Å². The van der Waals surface area contributed by atoms with Crippen molar-refractivity contribution < 1.29 is 32.7 Å². The summed E-state index contributed by atoms with van der Waals surface area (Å²) in [5.74, 6) is -3.77. The Morgan fingerprint density at radius 2 is 1.83 bits per heavy atom. The number of imide groups is 1. The van der Waals surface area contributed by atoms with E-state index in [2.05, 4.69) is 5.32 Å². The van der Waals surface area contributed by atoms with Crippen molar-refractivity contribution in [3.8, 4) is 0 Å². The Labute approximate surface area is 165 Å². The van der Waals surface area contributed by atoms with Crippen LogP contribution in [-0.2, 0) is 19.1 Å². The van der Waals surface area contributed by atoms with Crippen molar-refractivity contribution in [2.45, 2.75) is 44.1 Å². The topological polar surface area (TPSA) is 105 Å². The zero-order chi connectivity index (χ0) is 21.0. The lowest BCUT2D eigenvalue weighted by Crippen LogP contribution is -2.44. The molecule has 1 saturated carbocycles. The van der Waals surface area contributed by atoms with Crippen LogP contribution in [0.2, 0.25) is 0 Å². The summed E-state index contributed by atoms with van der Waals surface area (Å²) in [6, 6.07) is 2.66. The van der Waals surface area contributed by atoms with Gasteiger partial charge in [0.05, 0.1) is 0 Å². The van der Waals surface area contributed by atoms with E-state index in [1.807, 2.05) is 5.32 Å². The quantitative estimate of drug-likeness (QED) is 0.530. The van der Waals surface area contributed by atoms with Gasteiger partial charge in [-0.25, -0.2) is 13.6 Å². The molecule has 1 aromatic carbocycles. The Morgan fingerprint density at radius 1 is 1.17 bits per heavy atom. The molecule has 1 saturated heterocycles. The lowest BCUT2D eigenvalue weighted by molar-refractivity contribution is -0.147. The van der Waals surface area contributed by atoms with E-state index in [0.717, 1.165) is 35.9 Å². The highest BCUT2D eigenvalue weighted by atomic mass is 19.1. The lowest BCUT2D eigenvalue weighted by Gasteiger charge is -2.19. The number of hydrogen-bond donors (Lipinski definition) is 2. The Hall–Kier alpha value is -3.04. The normalized spacial score (nSPS) is 17.5. The third-order valence-corrected chi connectivity index (χ3v) is 5.06. The summed E-state index contributed by atoms with van der Waals surface area (Å²) in [5.41, 5.74) is -1.41. The number of carbonyl (C=O) groups is 4. The van der Waals surface area contributed by atoms with Gasteiger partial charge in [-0.05, 0) is 31.4 Å². The summed E-state index contributed by atoms with van der Waals surface area (Å²) in [5, 5.41) is 4.75. The van der Waals surface area contributed by atoms with Crippen LogP contribution >= 0.6 is 0 Å². The zero-order valence-corrected chi connectivity index (χ0v) is 15.6. The molecule has 156 valence electrons. The van der Waals surface area contributed by atoms with Crippen molar-refractivity contribution >= 4 is 29.5 Å². The van der Waals surface area contributed by atoms with Crippen molar-refractivity contribution in [1.29, 1.82) is 0 Å². The van der Waals surface area contributed by atoms with E-state index < -0.39 is 47.4 Å². The molecule has 10 heteroatoms. The summed E-state index contributed by atoms with van der Waals surface area (Å²) < 4.78 is 31.7. The van der Waals surface area contributed by atoms with Gasteiger partial charge in [0, 0.05) is 13.0 Å². The number of esters is 1. The largest absolute Gasteiger partial charge is 0.456 e. The number of anilines is 1. The van der Waals surface area contributed by atoms with Crippen LogP contribution in [0.4, 0.5) is 19.3 Å². The van der Waals surface area contributed by atoms with Crippen molar-refractivity contribution in [2.24, 2.45) is 0 Å². The number of para-hydroxylation sites is 1. The summed E-state index contributed by atoms with van der Waals surface area (Å²) in [6.45, 7) is -0.646. The summed E-state index contributed by atoms with van der Waals surface area (Å²) in [4.78, 5) is 49.1. The maximum atomic E-state index is 13.5. The third-order valence-electron chi connectivity index (χ3n) is 5.06. The number of ether oxygens (including phenoxy) is 1. The van der Waals surface area contributed by atoms with Gasteiger partial charge in [-0.2, -0.15) is 0 Å². The predicted molar refractivity (Wildman–Crippen MR) is 96.6 cm³/mol. The number of hydrogen-bond acceptors (Lipinski definition) is 5. The van der Waals surface area contributed by atoms with Crippen LogP contribution in [0.5, 0.6) is 0 Å². The van der Waals surface area contributed by atoms with Crippen LogP contribution in [0.15, 0.2) is 18.2 Å². The standard InChI is InChI=1S/C19H21F2N3O5/c20-12-5-3-6-13(21)16(12)22-14(25)11-29-15(26)7-4-10-24-17(27)19(23-18(24)28)8-1-2-9-19/h3,5-6H,1-2,4,7-11H2,(H,22,25)(H,23,28). The Balaban J connectivity index is 1.40. The minimum atomic E-state index is -0.946. The van der Waals surface area contributed by atoms with E-state index in [4.69, 9.17) is 4.74 Å². The number of amides is 4. The number of halogens is 2. The molecular weight excluding hydrogens is 388 g/mol. The molecule has 4 amide bonds. The number of nitrogens with zero attached hydrogens (tertiary/aromatic N) is 1. The zero-order valence-electron chi connectivity index (χ0n) is 15.6. The van der Waals surface area contributed by atoms with Crippen LogP contribution in [0.3, 0.4) is 0 Å². The lowest BCUT2D eigenvalue weighted by atomic mass is 9.98. The van der Waals surface area contributed by atoms with E-state index in [9.17, 15) is 28.0 Å². The maximum Gasteiger partial charge on any atom is 0.325 e. The van der Waals surface area contributed by atoms with Crippen molar-refractivity contribution in [2.75, 3.05) is 18.5 Å². The van der Waals surface area contributed by atoms with E-state index >= 15 is 0 Å². The number of urea groups is 1. The molecule has 29 heavy (non-hydrogen) atoms. The van der Waals surface area contributed by atoms with E-state index in [1.165, 1.54) is 0 Å². The van der Waals surface area contributed by atoms with Crippen molar-refractivity contribution in [3.05, 3.63) is 29.8 Å². The Morgan fingerprint density at radius 3 is 2.48 bits per heavy atom. The fourth-order valence-corrected chi connectivity index (χ4v) is 3.59. The highest BCUT2D eigenvalue weighted by molar-refractivity contribution is 6.07. The number of rotatable bonds is 7. The molecule has 1 aliphatic carbocycles. The van der Waals surface area contributed by atoms with Gasteiger partial charge in [-0.3, -0.25) is 19.3 Å². The molecule has 0 radical (unpaired) electrons. The molecule has 0 atom stereocenters. The summed E-state index contributed by atoms with van der Waals surface area (Å²) >= 11 is 0. The van der Waals surface area contributed by atoms with Gasteiger partial charge < -0.3 is 15.4 Å². The fourth-order valence-electron chi connectivity index (χ4n) is 3.59. The molecule has 8 nitrogen and oxygen atoms in total. The minimum Gasteiger partial charge on any atom is -0.456 e. The van der Waals surface area contributed by atoms with Crippen molar-refractivity contribution in [3.63, 3.8) is 0 Å². The minimum absolute atomic E-state index is 0.0636. The monoisotopic (exact) mass is 409 g/mol. The molecule has 0 bridgehead atoms. The SMILES string of the molecule is O=C(COC(=O)CCCN1C(=O)NC2(CCCC2)C1=O)Nc1c(F)cccc1F. The van der Waals surface area contributed by atoms with Gasteiger partial charge in [0.2, 0.25) is 0 Å². The van der Waals surface area contributed by atoms with Crippen LogP contribution in [0, 0.1) is 11.6 Å². The molecule has 2 aliphatic rings. The fraction of sp³-hybridized carbons (Fsp3) is 0.474. The van der Waals surface area contributed by atoms with E-state index in [1.54, 1.807) is 0 Å². The molecule has 2 fully saturated rings. The number of nitrogens with one attached hydrogen (secondary N) is 2. The van der Waals surface area contributed by atoms with Gasteiger partial charge in [0.25, 0.3) is 11.8 Å². The van der Waals surface area contributed by atoms with Gasteiger partial charge in [0.15, 0.2) is 6.61 Å². The first kappa shape index (κ1) is 20.7. The molecule has 0 unspecified atom stereocenters. The molecule has 0 aromatic heterocycles. The van der Waals surface area contributed by atoms with Crippen molar-refractivity contribution in [1.82, 2.24) is 10.2 Å². The van der Waals surface area contributed by atoms with Crippen LogP contribution in [-0.4, -0.2) is 47.4 Å². The van der Waals surface area contributed by atoms with E-state index in [0.29, 0.717) is 12.8 Å². The number of benzene rings is 1. The second kappa shape index (κ2) is 8.54. The highest BCUT2D eigenvalue weighted by Gasteiger charge is 2.52. The molecule has 2 N–H and O–H groups in total. The van der Waals surface area contributed by atoms with Crippen LogP contribution < -0.4 is 10.6 Å². The molecule has 3 rings (SSSR count). The second-order valence-corrected chi connectivity index (χ2v) is 7.09. The van der Waals surface area contributed by atoms with Crippen LogP contribution in [0.25, 0.3) is 0 Å². The summed E-state index contributed by atoms with van der Waals surface area (Å²) in [7, 11) is 0. The third kappa shape index (κ3) is 4.52. The van der Waals surface area contributed by atoms with Gasteiger partial charge >= 0.3 is 12.0 Å². The summed E-state index contributed by atoms with van der Waals surface area (Å²) in [6.07, 6.45) is 3.06.